The summed E-state index contributed by atoms with van der Waals surface area (Å²) in [6, 6.07) is 13.6. The van der Waals surface area contributed by atoms with E-state index >= 15 is 0 Å². The van der Waals surface area contributed by atoms with Crippen LogP contribution in [0.1, 0.15) is 27.0 Å². The number of ketones is 1. The van der Waals surface area contributed by atoms with Gasteiger partial charge < -0.3 is 5.11 Å². The Morgan fingerprint density at radius 1 is 0.935 bits per heavy atom. The van der Waals surface area contributed by atoms with Crippen LogP contribution >= 0.6 is 11.6 Å². The number of benzene rings is 2. The number of allylic oxidation sites excluding steroid dienone is 1. The van der Waals surface area contributed by atoms with Crippen LogP contribution < -0.4 is 9.67 Å². The lowest BCUT2D eigenvalue weighted by atomic mass is 9.91. The summed E-state index contributed by atoms with van der Waals surface area (Å²) < 4.78 is 31.2. The molecular weight excluding hydrogens is 436 g/mol. The van der Waals surface area contributed by atoms with Crippen LogP contribution in [0.4, 0.5) is 0 Å². The van der Waals surface area contributed by atoms with Gasteiger partial charge in [-0.1, -0.05) is 35.9 Å². The minimum absolute atomic E-state index is 0.104. The third-order valence-corrected chi connectivity index (χ3v) is 6.34. The van der Waals surface area contributed by atoms with Crippen LogP contribution in [0.25, 0.3) is 11.5 Å². The van der Waals surface area contributed by atoms with E-state index in [4.69, 9.17) is 11.6 Å². The van der Waals surface area contributed by atoms with E-state index < -0.39 is 27.3 Å². The van der Waals surface area contributed by atoms with Gasteiger partial charge in [0.15, 0.2) is 18.1 Å². The number of rotatable bonds is 3. The molecular formula is C23H17ClN2O4S. The third-order valence-electron chi connectivity index (χ3n) is 4.79. The Hall–Kier alpha value is -3.29. The maximum Gasteiger partial charge on any atom is 0.283 e. The standard InChI is InChI=1S/C23H17ClN2O4S/c1-14-11-15(2)13-26(12-14)21-20(22(27)18-5-3-4-6-19(18)23(21)28)25-31(29,30)17-9-7-16(24)8-10-17/h3-13H,1-2H3. The Morgan fingerprint density at radius 2 is 1.52 bits per heavy atom. The molecule has 0 radical (unpaired) electrons. The van der Waals surface area contributed by atoms with Gasteiger partial charge >= 0.3 is 0 Å². The lowest BCUT2D eigenvalue weighted by molar-refractivity contribution is -0.578. The summed E-state index contributed by atoms with van der Waals surface area (Å²) >= 11 is 5.85. The number of hydrogen-bond acceptors (Lipinski definition) is 4. The lowest BCUT2D eigenvalue weighted by Gasteiger charge is -2.23. The van der Waals surface area contributed by atoms with E-state index in [-0.39, 0.29) is 21.7 Å². The molecule has 0 spiro atoms. The molecule has 1 aliphatic rings. The number of carbonyl (C=O) groups excluding carboxylic acids is 1. The number of hydrogen-bond donors (Lipinski definition) is 0. The fraction of sp³-hybridized carbons (Fsp3) is 0.0870. The van der Waals surface area contributed by atoms with Gasteiger partial charge in [-0.15, -0.1) is 4.40 Å². The van der Waals surface area contributed by atoms with E-state index in [1.165, 1.54) is 34.9 Å². The van der Waals surface area contributed by atoms with Crippen molar-refractivity contribution in [2.24, 2.45) is 4.40 Å². The first-order valence-corrected chi connectivity index (χ1v) is 11.2. The van der Waals surface area contributed by atoms with Crippen molar-refractivity contribution in [1.82, 2.24) is 0 Å². The van der Waals surface area contributed by atoms with Gasteiger partial charge in [0.25, 0.3) is 10.0 Å². The van der Waals surface area contributed by atoms with Gasteiger partial charge in [0.05, 0.1) is 4.90 Å². The maximum atomic E-state index is 13.4. The molecule has 0 fully saturated rings. The summed E-state index contributed by atoms with van der Waals surface area (Å²) in [6.07, 6.45) is 3.32. The van der Waals surface area contributed by atoms with Crippen LogP contribution in [0.15, 0.2) is 76.3 Å². The molecule has 1 aromatic heterocycles. The zero-order chi connectivity index (χ0) is 22.3. The van der Waals surface area contributed by atoms with Crippen molar-refractivity contribution >= 4 is 44.6 Å². The molecule has 6 nitrogen and oxygen atoms in total. The normalized spacial score (nSPS) is 15.3. The maximum absolute atomic E-state index is 13.4. The largest absolute Gasteiger partial charge is 0.867 e. The molecule has 0 saturated carbocycles. The number of halogens is 1. The van der Waals surface area contributed by atoms with Gasteiger partial charge in [0, 0.05) is 21.7 Å². The van der Waals surface area contributed by atoms with Crippen LogP contribution in [0.2, 0.25) is 5.02 Å². The summed E-state index contributed by atoms with van der Waals surface area (Å²) in [6.45, 7) is 3.68. The van der Waals surface area contributed by atoms with Crippen molar-refractivity contribution in [2.75, 3.05) is 0 Å². The van der Waals surface area contributed by atoms with E-state index in [1.54, 1.807) is 30.6 Å². The van der Waals surface area contributed by atoms with Crippen LogP contribution in [-0.2, 0) is 10.0 Å². The van der Waals surface area contributed by atoms with Crippen molar-refractivity contribution in [1.29, 1.82) is 0 Å². The molecule has 0 aliphatic heterocycles. The molecule has 2 aromatic carbocycles. The van der Waals surface area contributed by atoms with E-state index in [2.05, 4.69) is 4.40 Å². The zero-order valence-corrected chi connectivity index (χ0v) is 18.2. The van der Waals surface area contributed by atoms with Crippen LogP contribution in [0.3, 0.4) is 0 Å². The highest BCUT2D eigenvalue weighted by Gasteiger charge is 2.35. The fourth-order valence-electron chi connectivity index (χ4n) is 3.49. The monoisotopic (exact) mass is 452 g/mol. The first-order valence-electron chi connectivity index (χ1n) is 9.33. The lowest BCUT2D eigenvalue weighted by Crippen LogP contribution is -2.44. The molecule has 3 aromatic rings. The van der Waals surface area contributed by atoms with Gasteiger partial charge in [-0.05, 0) is 55.5 Å². The topological polar surface area (TPSA) is 90.5 Å². The number of aromatic nitrogens is 1. The number of carbonyl (C=O) groups is 1. The summed E-state index contributed by atoms with van der Waals surface area (Å²) in [5.74, 6) is -1.11. The van der Waals surface area contributed by atoms with E-state index in [0.717, 1.165) is 11.1 Å². The molecule has 1 aliphatic carbocycles. The minimum Gasteiger partial charge on any atom is -0.867 e. The van der Waals surface area contributed by atoms with Crippen LogP contribution in [-0.4, -0.2) is 19.9 Å². The minimum atomic E-state index is -4.27. The summed E-state index contributed by atoms with van der Waals surface area (Å²) in [5, 5.41) is 13.7. The molecule has 0 amide bonds. The molecule has 156 valence electrons. The van der Waals surface area contributed by atoms with Crippen molar-refractivity contribution < 1.29 is 22.9 Å². The zero-order valence-electron chi connectivity index (χ0n) is 16.7. The highest BCUT2D eigenvalue weighted by molar-refractivity contribution is 7.90. The predicted octanol–water partition coefficient (Wildman–Crippen LogP) is 2.96. The predicted molar refractivity (Wildman–Crippen MR) is 116 cm³/mol. The van der Waals surface area contributed by atoms with Gasteiger partial charge in [-0.25, -0.2) is 0 Å². The fourth-order valence-corrected chi connectivity index (χ4v) is 4.61. The molecule has 8 heteroatoms. The second kappa shape index (κ2) is 7.76. The Balaban J connectivity index is 2.01. The molecule has 0 N–H and O–H groups in total. The Morgan fingerprint density at radius 3 is 2.13 bits per heavy atom. The summed E-state index contributed by atoms with van der Waals surface area (Å²) in [5.41, 5.74) is 1.48. The third kappa shape index (κ3) is 3.89. The van der Waals surface area contributed by atoms with Gasteiger partial charge in [-0.3, -0.25) is 4.79 Å². The van der Waals surface area contributed by atoms with Crippen LogP contribution in [0.5, 0.6) is 0 Å². The molecule has 0 bridgehead atoms. The number of nitrogens with zero attached hydrogens (tertiary/aromatic N) is 2. The molecule has 0 saturated heterocycles. The first kappa shape index (κ1) is 21.0. The van der Waals surface area contributed by atoms with Crippen LogP contribution in [0, 0.1) is 13.8 Å². The number of Topliss-reactive ketones (excluding diaryl/α,β-unsaturated/α-hetero) is 1. The number of fused-ring (bicyclic) bond motifs is 1. The molecule has 0 unspecified atom stereocenters. The average Bonchev–Trinajstić information content (AvgIpc) is 2.71. The SMILES string of the molecule is Cc1cc(C)c[n+](C2=C([O-])c3ccccc3C(=O)/C2=N\S(=O)(=O)c2ccc(Cl)cc2)c1. The number of sulfonamides is 1. The Kier molecular flexibility index (Phi) is 5.24. The first-order chi connectivity index (χ1) is 14.7. The molecule has 4 rings (SSSR count). The Labute approximate surface area is 184 Å². The highest BCUT2D eigenvalue weighted by atomic mass is 35.5. The molecule has 0 atom stereocenters. The van der Waals surface area contributed by atoms with E-state index in [9.17, 15) is 18.3 Å². The number of aryl methyl sites for hydroxylation is 2. The summed E-state index contributed by atoms with van der Waals surface area (Å²) in [4.78, 5) is 13.1. The second-order valence-electron chi connectivity index (χ2n) is 7.22. The van der Waals surface area contributed by atoms with Gasteiger partial charge in [0.1, 0.15) is 0 Å². The van der Waals surface area contributed by atoms with Gasteiger partial charge in [-0.2, -0.15) is 13.0 Å². The van der Waals surface area contributed by atoms with Crippen molar-refractivity contribution in [3.8, 4) is 0 Å². The molecule has 1 heterocycles. The van der Waals surface area contributed by atoms with Crippen molar-refractivity contribution in [3.63, 3.8) is 0 Å². The van der Waals surface area contributed by atoms with E-state index in [1.807, 2.05) is 19.9 Å². The quantitative estimate of drug-likeness (QED) is 0.571. The molecule has 31 heavy (non-hydrogen) atoms. The smallest absolute Gasteiger partial charge is 0.283 e. The van der Waals surface area contributed by atoms with Crippen molar-refractivity contribution in [2.45, 2.75) is 18.7 Å². The highest BCUT2D eigenvalue weighted by Crippen LogP contribution is 2.28. The average molecular weight is 453 g/mol. The Bertz CT molecular complexity index is 1370. The number of pyridine rings is 1. The summed E-state index contributed by atoms with van der Waals surface area (Å²) in [7, 11) is -4.27. The second-order valence-corrected chi connectivity index (χ2v) is 9.26. The van der Waals surface area contributed by atoms with E-state index in [0.29, 0.717) is 5.02 Å². The van der Waals surface area contributed by atoms with Crippen molar-refractivity contribution in [3.05, 3.63) is 94.3 Å². The van der Waals surface area contributed by atoms with Gasteiger partial charge in [0.2, 0.25) is 11.5 Å².